The summed E-state index contributed by atoms with van der Waals surface area (Å²) in [6.07, 6.45) is 0. The Morgan fingerprint density at radius 2 is 0.448 bits per heavy atom. The van der Waals surface area contributed by atoms with Crippen LogP contribution in [0.25, 0.3) is 162 Å². The van der Waals surface area contributed by atoms with Gasteiger partial charge in [0.2, 0.25) is 0 Å². The van der Waals surface area contributed by atoms with Crippen LogP contribution in [0.1, 0.15) is 0 Å². The van der Waals surface area contributed by atoms with E-state index in [1.807, 2.05) is 72.8 Å². The van der Waals surface area contributed by atoms with Crippen molar-refractivity contribution in [3.63, 3.8) is 0 Å². The molecule has 0 saturated heterocycles. The molecule has 0 radical (unpaired) electrons. The molecule has 0 aliphatic carbocycles. The molecular formula is C78H49N9. The van der Waals surface area contributed by atoms with Gasteiger partial charge in [0.25, 0.3) is 0 Å². The first-order valence-electron chi connectivity index (χ1n) is 29.2. The number of rotatable bonds is 10. The molecule has 0 spiro atoms. The van der Waals surface area contributed by atoms with E-state index in [0.29, 0.717) is 34.9 Å². The van der Waals surface area contributed by atoms with Gasteiger partial charge in [-0.25, -0.2) is 29.9 Å². The van der Waals surface area contributed by atoms with Crippen molar-refractivity contribution in [1.29, 1.82) is 0 Å². The van der Waals surface area contributed by atoms with E-state index < -0.39 is 0 Å². The Labute approximate surface area is 500 Å². The van der Waals surface area contributed by atoms with Crippen molar-refractivity contribution >= 4 is 65.4 Å². The van der Waals surface area contributed by atoms with Gasteiger partial charge >= 0.3 is 0 Å². The van der Waals surface area contributed by atoms with E-state index in [0.717, 1.165) is 127 Å². The average Bonchev–Trinajstić information content (AvgIpc) is 1.70. The largest absolute Gasteiger partial charge is 0.309 e. The fraction of sp³-hybridized carbons (Fsp3) is 0. The van der Waals surface area contributed by atoms with E-state index in [-0.39, 0.29) is 0 Å². The third kappa shape index (κ3) is 8.39. The summed E-state index contributed by atoms with van der Waals surface area (Å²) in [5.41, 5.74) is 16.5. The Morgan fingerprint density at radius 1 is 0.184 bits per heavy atom. The first-order valence-corrected chi connectivity index (χ1v) is 29.2. The van der Waals surface area contributed by atoms with Crippen LogP contribution >= 0.6 is 0 Å². The topological polar surface area (TPSA) is 92.1 Å². The van der Waals surface area contributed by atoms with Gasteiger partial charge in [-0.15, -0.1) is 0 Å². The van der Waals surface area contributed by atoms with Crippen LogP contribution in [-0.2, 0) is 0 Å². The summed E-state index contributed by atoms with van der Waals surface area (Å²) in [4.78, 5) is 32.4. The molecule has 0 saturated carbocycles. The van der Waals surface area contributed by atoms with Gasteiger partial charge < -0.3 is 13.7 Å². The van der Waals surface area contributed by atoms with Gasteiger partial charge in [0.1, 0.15) is 0 Å². The molecule has 12 aromatic carbocycles. The van der Waals surface area contributed by atoms with E-state index in [1.54, 1.807) is 0 Å². The van der Waals surface area contributed by atoms with Gasteiger partial charge in [-0.3, -0.25) is 0 Å². The lowest BCUT2D eigenvalue weighted by Gasteiger charge is -2.17. The maximum Gasteiger partial charge on any atom is 0.166 e. The second-order valence-electron chi connectivity index (χ2n) is 21.8. The van der Waals surface area contributed by atoms with Crippen molar-refractivity contribution in [2.24, 2.45) is 0 Å². The molecule has 0 aliphatic rings. The zero-order valence-corrected chi connectivity index (χ0v) is 46.8. The number of fused-ring (bicyclic) bond motifs is 9. The highest BCUT2D eigenvalue weighted by atomic mass is 15.1. The zero-order chi connectivity index (χ0) is 57.4. The van der Waals surface area contributed by atoms with Crippen LogP contribution in [0.4, 0.5) is 0 Å². The SMILES string of the molecule is c1ccc(-c2ccc(-n3c4cc(-n5c6ccccc6c6ccccc65)c(-c5nc(-c6ccccc6)nc(-c6ccccc6)n5)cc4c4cc(-c5nc(-c6ccccc6)nc(-c6ccccc6)n5)c(-n5c6ccccc6c6ccccc65)cc43)cc2)cc1. The molecule has 0 aliphatic heterocycles. The standard InChI is InChI=1S/C78H49N9/c1-6-24-50(25-7-1)51-42-44-56(45-43-51)85-69-48-71(86-65-38-20-16-34-57(65)58-35-17-21-39-66(58)86)63(77-81-73(52-26-8-2-9-27-52)79-74(82-77)53-28-10-3-11-29-53)46-61(69)62-47-64(72(49-70(62)85)87-67-40-22-18-36-59(67)60-37-19-23-41-68(60)87)78-83-75(54-30-12-4-13-31-54)80-76(84-78)55-32-14-5-15-33-55/h1-49H. The first kappa shape index (κ1) is 49.7. The molecule has 9 heteroatoms. The number of benzene rings is 12. The molecule has 9 nitrogen and oxygen atoms in total. The summed E-state index contributed by atoms with van der Waals surface area (Å²) in [6.45, 7) is 0. The smallest absolute Gasteiger partial charge is 0.166 e. The van der Waals surface area contributed by atoms with E-state index in [9.17, 15) is 0 Å². The number of aromatic nitrogens is 9. The second-order valence-corrected chi connectivity index (χ2v) is 21.8. The van der Waals surface area contributed by atoms with Crippen LogP contribution < -0.4 is 0 Å². The maximum absolute atomic E-state index is 5.50. The lowest BCUT2D eigenvalue weighted by Crippen LogP contribution is -2.04. The number of nitrogens with zero attached hydrogens (tertiary/aromatic N) is 9. The number of hydrogen-bond acceptors (Lipinski definition) is 6. The van der Waals surface area contributed by atoms with Crippen LogP contribution in [0, 0.1) is 0 Å². The van der Waals surface area contributed by atoms with Crippen LogP contribution in [0.3, 0.4) is 0 Å². The summed E-state index contributed by atoms with van der Waals surface area (Å²) < 4.78 is 7.21. The molecule has 5 heterocycles. The predicted octanol–water partition coefficient (Wildman–Crippen LogP) is 19.0. The molecule has 0 amide bonds. The van der Waals surface area contributed by atoms with Crippen LogP contribution in [0.2, 0.25) is 0 Å². The average molecular weight is 1110 g/mol. The number of para-hydroxylation sites is 4. The van der Waals surface area contributed by atoms with E-state index in [1.165, 1.54) is 0 Å². The summed E-state index contributed by atoms with van der Waals surface area (Å²) in [6, 6.07) is 104. The fourth-order valence-corrected chi connectivity index (χ4v) is 12.7. The molecule has 0 atom stereocenters. The van der Waals surface area contributed by atoms with E-state index in [2.05, 4.69) is 238 Å². The van der Waals surface area contributed by atoms with E-state index >= 15 is 0 Å². The summed E-state index contributed by atoms with van der Waals surface area (Å²) in [5.74, 6) is 3.37. The third-order valence-corrected chi connectivity index (χ3v) is 16.8. The minimum Gasteiger partial charge on any atom is -0.309 e. The highest BCUT2D eigenvalue weighted by Crippen LogP contribution is 2.46. The summed E-state index contributed by atoms with van der Waals surface area (Å²) >= 11 is 0. The van der Waals surface area contributed by atoms with Gasteiger partial charge in [-0.1, -0.05) is 237 Å². The first-order chi connectivity index (χ1) is 43.1. The molecule has 0 unspecified atom stereocenters. The molecule has 17 aromatic rings. The maximum atomic E-state index is 5.50. The van der Waals surface area contributed by atoms with Crippen molar-refractivity contribution in [3.8, 4) is 96.5 Å². The van der Waals surface area contributed by atoms with Gasteiger partial charge in [-0.05, 0) is 71.8 Å². The van der Waals surface area contributed by atoms with Crippen LogP contribution in [-0.4, -0.2) is 43.6 Å². The van der Waals surface area contributed by atoms with Gasteiger partial charge in [-0.2, -0.15) is 0 Å². The van der Waals surface area contributed by atoms with Gasteiger partial charge in [0.05, 0.1) is 44.5 Å². The van der Waals surface area contributed by atoms with Crippen molar-refractivity contribution in [3.05, 3.63) is 297 Å². The lowest BCUT2D eigenvalue weighted by molar-refractivity contribution is 1.06. The zero-order valence-electron chi connectivity index (χ0n) is 46.8. The minimum absolute atomic E-state index is 0.536. The Kier molecular flexibility index (Phi) is 11.7. The molecule has 17 rings (SSSR count). The Balaban J connectivity index is 1.05. The van der Waals surface area contributed by atoms with Crippen molar-refractivity contribution < 1.29 is 0 Å². The Bertz CT molecular complexity index is 4960. The monoisotopic (exact) mass is 1110 g/mol. The molecule has 5 aromatic heterocycles. The Hall–Kier alpha value is -11.9. The lowest BCUT2D eigenvalue weighted by atomic mass is 10.0. The molecule has 0 bridgehead atoms. The number of hydrogen-bond donors (Lipinski definition) is 0. The predicted molar refractivity (Wildman–Crippen MR) is 354 cm³/mol. The third-order valence-electron chi connectivity index (χ3n) is 16.8. The highest BCUT2D eigenvalue weighted by molar-refractivity contribution is 6.16. The molecule has 406 valence electrons. The van der Waals surface area contributed by atoms with Crippen molar-refractivity contribution in [1.82, 2.24) is 43.6 Å². The molecule has 87 heavy (non-hydrogen) atoms. The van der Waals surface area contributed by atoms with E-state index in [4.69, 9.17) is 29.9 Å². The Morgan fingerprint density at radius 3 is 0.770 bits per heavy atom. The molecule has 0 N–H and O–H groups in total. The van der Waals surface area contributed by atoms with Gasteiger partial charge in [0, 0.05) is 71.4 Å². The summed E-state index contributed by atoms with van der Waals surface area (Å²) in [5, 5.41) is 6.54. The van der Waals surface area contributed by atoms with Crippen LogP contribution in [0.5, 0.6) is 0 Å². The highest BCUT2D eigenvalue weighted by Gasteiger charge is 2.27. The molecular weight excluding hydrogens is 1060 g/mol. The second kappa shape index (κ2) is 20.4. The summed E-state index contributed by atoms with van der Waals surface area (Å²) in [7, 11) is 0. The fourth-order valence-electron chi connectivity index (χ4n) is 12.7. The van der Waals surface area contributed by atoms with Gasteiger partial charge in [0.15, 0.2) is 34.9 Å². The van der Waals surface area contributed by atoms with Crippen molar-refractivity contribution in [2.45, 2.75) is 0 Å². The van der Waals surface area contributed by atoms with Crippen LogP contribution in [0.15, 0.2) is 297 Å². The normalized spacial score (nSPS) is 11.7. The quantitative estimate of drug-likeness (QED) is 0.135. The van der Waals surface area contributed by atoms with Crippen molar-refractivity contribution in [2.75, 3.05) is 0 Å². The molecule has 0 fully saturated rings. The minimum atomic E-state index is 0.536.